The van der Waals surface area contributed by atoms with Crippen molar-refractivity contribution in [3.05, 3.63) is 0 Å². The highest BCUT2D eigenvalue weighted by atomic mass is 16.5. The number of carbonyl (C=O) groups is 1. The molecule has 0 heterocycles. The summed E-state index contributed by atoms with van der Waals surface area (Å²) in [5.74, 6) is 0.672. The molecule has 2 nitrogen and oxygen atoms in total. The van der Waals surface area contributed by atoms with Crippen molar-refractivity contribution < 1.29 is 9.53 Å². The molecule has 0 radical (unpaired) electrons. The maximum Gasteiger partial charge on any atom is 0.306 e. The first-order chi connectivity index (χ1) is 28.7. The minimum Gasteiger partial charge on any atom is -0.462 e. The molecule has 58 heavy (non-hydrogen) atoms. The van der Waals surface area contributed by atoms with Gasteiger partial charge in [-0.15, -0.1) is 0 Å². The molecule has 348 valence electrons. The van der Waals surface area contributed by atoms with E-state index in [1.807, 2.05) is 0 Å². The lowest BCUT2D eigenvalue weighted by molar-refractivity contribution is -0.153. The lowest BCUT2D eigenvalue weighted by Gasteiger charge is -2.28. The van der Waals surface area contributed by atoms with Gasteiger partial charge in [0.2, 0.25) is 0 Å². The van der Waals surface area contributed by atoms with Gasteiger partial charge in [-0.2, -0.15) is 0 Å². The van der Waals surface area contributed by atoms with Crippen LogP contribution in [0.25, 0.3) is 0 Å². The number of esters is 1. The van der Waals surface area contributed by atoms with Gasteiger partial charge in [0.25, 0.3) is 0 Å². The SMILES string of the molecule is CCCCCCCCCCCCCCCCCCC(CCCCCCC)C(CCCCCCCCCCC)OC(=O)CCCCCCCCCCCCCCCCC. The zero-order valence-electron chi connectivity index (χ0n) is 41.1. The van der Waals surface area contributed by atoms with Gasteiger partial charge in [0.15, 0.2) is 0 Å². The smallest absolute Gasteiger partial charge is 0.306 e. The van der Waals surface area contributed by atoms with Crippen molar-refractivity contribution in [2.75, 3.05) is 0 Å². The van der Waals surface area contributed by atoms with Gasteiger partial charge in [0.1, 0.15) is 6.10 Å². The highest BCUT2D eigenvalue weighted by Crippen LogP contribution is 2.29. The third-order valence-corrected chi connectivity index (χ3v) is 13.5. The van der Waals surface area contributed by atoms with Gasteiger partial charge in [-0.3, -0.25) is 4.79 Å². The molecular weight excluding hydrogens is 705 g/mol. The second kappa shape index (κ2) is 50.8. The van der Waals surface area contributed by atoms with Gasteiger partial charge in [-0.05, 0) is 38.0 Å². The summed E-state index contributed by atoms with van der Waals surface area (Å²) < 4.78 is 6.52. The van der Waals surface area contributed by atoms with E-state index < -0.39 is 0 Å². The molecule has 0 saturated carbocycles. The third kappa shape index (κ3) is 45.0. The zero-order valence-corrected chi connectivity index (χ0v) is 41.1. The fourth-order valence-electron chi connectivity index (χ4n) is 9.40. The third-order valence-electron chi connectivity index (χ3n) is 13.5. The highest BCUT2D eigenvalue weighted by molar-refractivity contribution is 5.69. The summed E-state index contributed by atoms with van der Waals surface area (Å²) in [5, 5.41) is 0. The van der Waals surface area contributed by atoms with E-state index in [4.69, 9.17) is 4.74 Å². The molecule has 0 aromatic heterocycles. The Hall–Kier alpha value is -0.530. The van der Waals surface area contributed by atoms with Gasteiger partial charge < -0.3 is 4.74 Å². The Labute approximate surface area is 368 Å². The Morgan fingerprint density at radius 2 is 0.483 bits per heavy atom. The molecule has 2 heteroatoms. The van der Waals surface area contributed by atoms with Crippen molar-refractivity contribution in [3.63, 3.8) is 0 Å². The fraction of sp³-hybridized carbons (Fsp3) is 0.982. The molecule has 0 N–H and O–H groups in total. The summed E-state index contributed by atoms with van der Waals surface area (Å²) in [6.45, 7) is 9.24. The molecule has 0 aliphatic heterocycles. The number of unbranched alkanes of at least 4 members (excludes halogenated alkanes) is 41. The molecule has 0 amide bonds. The first kappa shape index (κ1) is 57.5. The molecule has 0 fully saturated rings. The first-order valence-corrected chi connectivity index (χ1v) is 27.9. The van der Waals surface area contributed by atoms with E-state index in [0.717, 1.165) is 12.8 Å². The van der Waals surface area contributed by atoms with Gasteiger partial charge in [-0.25, -0.2) is 0 Å². The van der Waals surface area contributed by atoms with Crippen LogP contribution >= 0.6 is 0 Å². The van der Waals surface area contributed by atoms with Gasteiger partial charge in [-0.1, -0.05) is 304 Å². The first-order valence-electron chi connectivity index (χ1n) is 27.9. The van der Waals surface area contributed by atoms with Crippen LogP contribution in [0.15, 0.2) is 0 Å². The van der Waals surface area contributed by atoms with Crippen LogP contribution < -0.4 is 0 Å². The number of hydrogen-bond acceptors (Lipinski definition) is 2. The Kier molecular flexibility index (Phi) is 50.4. The number of carbonyl (C=O) groups excluding carboxylic acids is 1. The normalized spacial score (nSPS) is 12.7. The van der Waals surface area contributed by atoms with Crippen LogP contribution in [0.1, 0.15) is 342 Å². The molecule has 0 aliphatic rings. The summed E-state index contributed by atoms with van der Waals surface area (Å²) in [5.41, 5.74) is 0. The van der Waals surface area contributed by atoms with E-state index in [2.05, 4.69) is 27.7 Å². The Balaban J connectivity index is 4.65. The molecule has 0 bridgehead atoms. The topological polar surface area (TPSA) is 26.3 Å². The standard InChI is InChI=1S/C56H112O2/c1-5-9-13-17-20-23-25-27-29-31-32-34-37-39-43-47-51-54(50-46-42-16-12-8-4)55(52-48-44-40-36-22-19-15-11-7-3)58-56(57)53-49-45-41-38-35-33-30-28-26-24-21-18-14-10-6-2/h54-55H,5-53H2,1-4H3. The lowest BCUT2D eigenvalue weighted by Crippen LogP contribution is -2.27. The van der Waals surface area contributed by atoms with Crippen molar-refractivity contribution in [3.8, 4) is 0 Å². The summed E-state index contributed by atoms with van der Waals surface area (Å²) >= 11 is 0. The molecule has 0 aliphatic carbocycles. The Morgan fingerprint density at radius 3 is 0.741 bits per heavy atom. The maximum atomic E-state index is 13.4. The van der Waals surface area contributed by atoms with E-state index >= 15 is 0 Å². The van der Waals surface area contributed by atoms with Crippen molar-refractivity contribution >= 4 is 5.97 Å². The zero-order chi connectivity index (χ0) is 42.1. The van der Waals surface area contributed by atoms with Gasteiger partial charge in [0.05, 0.1) is 0 Å². The van der Waals surface area contributed by atoms with Crippen LogP contribution in [0.5, 0.6) is 0 Å². The minimum atomic E-state index is 0.110. The average molecular weight is 818 g/mol. The van der Waals surface area contributed by atoms with Crippen LogP contribution in [-0.2, 0) is 9.53 Å². The quantitative estimate of drug-likeness (QED) is 0.0452. The van der Waals surface area contributed by atoms with Crippen molar-refractivity contribution in [2.24, 2.45) is 5.92 Å². The Bertz CT molecular complexity index is 747. The summed E-state index contributed by atoms with van der Waals surface area (Å²) in [6, 6.07) is 0. The van der Waals surface area contributed by atoms with Crippen molar-refractivity contribution in [2.45, 2.75) is 348 Å². The van der Waals surface area contributed by atoms with E-state index in [1.165, 1.54) is 295 Å². The van der Waals surface area contributed by atoms with Crippen LogP contribution in [-0.4, -0.2) is 12.1 Å². The van der Waals surface area contributed by atoms with E-state index in [9.17, 15) is 4.79 Å². The summed E-state index contributed by atoms with van der Waals surface area (Å²) in [6.07, 6.45) is 66.5. The number of rotatable bonds is 51. The van der Waals surface area contributed by atoms with Crippen LogP contribution in [0.2, 0.25) is 0 Å². The van der Waals surface area contributed by atoms with E-state index in [-0.39, 0.29) is 12.1 Å². The lowest BCUT2D eigenvalue weighted by atomic mass is 9.87. The molecule has 0 aromatic rings. The van der Waals surface area contributed by atoms with E-state index in [1.54, 1.807) is 0 Å². The van der Waals surface area contributed by atoms with Gasteiger partial charge >= 0.3 is 5.97 Å². The van der Waals surface area contributed by atoms with Crippen molar-refractivity contribution in [1.29, 1.82) is 0 Å². The predicted octanol–water partition coefficient (Wildman–Crippen LogP) is 20.7. The van der Waals surface area contributed by atoms with Crippen LogP contribution in [0.3, 0.4) is 0 Å². The van der Waals surface area contributed by atoms with Crippen molar-refractivity contribution in [1.82, 2.24) is 0 Å². The molecule has 2 atom stereocenters. The summed E-state index contributed by atoms with van der Waals surface area (Å²) in [7, 11) is 0. The number of ether oxygens (including phenoxy) is 1. The molecule has 0 aromatic carbocycles. The Morgan fingerprint density at radius 1 is 0.276 bits per heavy atom. The second-order valence-corrected chi connectivity index (χ2v) is 19.4. The molecular formula is C56H112O2. The predicted molar refractivity (Wildman–Crippen MR) is 262 cm³/mol. The van der Waals surface area contributed by atoms with Crippen LogP contribution in [0.4, 0.5) is 0 Å². The molecule has 2 unspecified atom stereocenters. The van der Waals surface area contributed by atoms with E-state index in [0.29, 0.717) is 12.3 Å². The average Bonchev–Trinajstić information content (AvgIpc) is 3.23. The highest BCUT2D eigenvalue weighted by Gasteiger charge is 2.24. The fourth-order valence-corrected chi connectivity index (χ4v) is 9.40. The molecule has 0 saturated heterocycles. The minimum absolute atomic E-state index is 0.110. The molecule has 0 rings (SSSR count). The summed E-state index contributed by atoms with van der Waals surface area (Å²) in [4.78, 5) is 13.4. The monoisotopic (exact) mass is 817 g/mol. The maximum absolute atomic E-state index is 13.4. The number of hydrogen-bond donors (Lipinski definition) is 0. The van der Waals surface area contributed by atoms with Crippen LogP contribution in [0, 0.1) is 5.92 Å². The largest absolute Gasteiger partial charge is 0.462 e. The molecule has 0 spiro atoms. The second-order valence-electron chi connectivity index (χ2n) is 19.4. The van der Waals surface area contributed by atoms with Gasteiger partial charge in [0, 0.05) is 6.42 Å².